The van der Waals surface area contributed by atoms with Gasteiger partial charge in [-0.3, -0.25) is 4.99 Å². The Morgan fingerprint density at radius 2 is 1.59 bits per heavy atom. The quantitative estimate of drug-likeness (QED) is 0.343. The molecule has 5 heteroatoms. The lowest BCUT2D eigenvalue weighted by atomic mass is 10.2. The minimum atomic E-state index is 0.471. The molecule has 4 nitrogen and oxygen atoms in total. The molecule has 0 unspecified atom stereocenters. The molecule has 0 aliphatic carbocycles. The fraction of sp³-hybridized carbons (Fsp3) is 0.208. The summed E-state index contributed by atoms with van der Waals surface area (Å²) in [4.78, 5) is 4.55. The lowest BCUT2D eigenvalue weighted by Crippen LogP contribution is -2.01. The van der Waals surface area contributed by atoms with E-state index in [1.54, 1.807) is 0 Å². The van der Waals surface area contributed by atoms with Crippen molar-refractivity contribution in [2.24, 2.45) is 4.99 Å². The van der Waals surface area contributed by atoms with Crippen molar-refractivity contribution in [3.05, 3.63) is 82.3 Å². The van der Waals surface area contributed by atoms with Crippen LogP contribution in [-0.4, -0.2) is 19.4 Å². The zero-order valence-electron chi connectivity index (χ0n) is 16.6. The summed E-state index contributed by atoms with van der Waals surface area (Å²) in [6.07, 6.45) is 1.81. The topological polar surface area (TPSA) is 40.0 Å². The van der Waals surface area contributed by atoms with E-state index in [0.29, 0.717) is 31.3 Å². The molecule has 0 radical (unpaired) electrons. The Kier molecular flexibility index (Phi) is 7.70. The van der Waals surface area contributed by atoms with Crippen LogP contribution in [0.25, 0.3) is 0 Å². The van der Waals surface area contributed by atoms with Crippen LogP contribution in [0.1, 0.15) is 25.0 Å². The van der Waals surface area contributed by atoms with E-state index in [-0.39, 0.29) is 0 Å². The number of hydrogen-bond acceptors (Lipinski definition) is 4. The third-order valence-electron chi connectivity index (χ3n) is 4.07. The van der Waals surface area contributed by atoms with Gasteiger partial charge in [-0.05, 0) is 77.3 Å². The molecule has 0 bridgehead atoms. The largest absolute Gasteiger partial charge is 0.494 e. The van der Waals surface area contributed by atoms with Gasteiger partial charge in [0, 0.05) is 6.21 Å². The molecule has 0 saturated heterocycles. The van der Waals surface area contributed by atoms with Gasteiger partial charge in [0.2, 0.25) is 0 Å². The smallest absolute Gasteiger partial charge is 0.175 e. The summed E-state index contributed by atoms with van der Waals surface area (Å²) >= 11 is 3.61. The zero-order chi connectivity index (χ0) is 20.5. The normalized spacial score (nSPS) is 10.9. The molecule has 3 aromatic carbocycles. The Morgan fingerprint density at radius 3 is 2.28 bits per heavy atom. The van der Waals surface area contributed by atoms with Gasteiger partial charge in [0.05, 0.1) is 23.4 Å². The second-order valence-corrected chi connectivity index (χ2v) is 7.08. The Labute approximate surface area is 180 Å². The van der Waals surface area contributed by atoms with Crippen LogP contribution < -0.4 is 14.2 Å². The fourth-order valence-electron chi connectivity index (χ4n) is 2.74. The molecule has 0 saturated carbocycles. The van der Waals surface area contributed by atoms with Crippen molar-refractivity contribution in [1.82, 2.24) is 0 Å². The molecule has 0 aromatic heterocycles. The summed E-state index contributed by atoms with van der Waals surface area (Å²) < 4.78 is 18.1. The first kappa shape index (κ1) is 20.9. The summed E-state index contributed by atoms with van der Waals surface area (Å²) in [5, 5.41) is 0. The fourth-order valence-corrected chi connectivity index (χ4v) is 3.31. The third-order valence-corrected chi connectivity index (χ3v) is 4.66. The van der Waals surface area contributed by atoms with Crippen LogP contribution in [0.2, 0.25) is 0 Å². The molecule has 29 heavy (non-hydrogen) atoms. The minimum absolute atomic E-state index is 0.471. The van der Waals surface area contributed by atoms with Crippen molar-refractivity contribution in [1.29, 1.82) is 0 Å². The standard InChI is InChI=1S/C24H24BrNO3/c1-3-27-21-12-10-20(11-13-21)26-16-19-14-22(25)24(23(15-19)28-4-2)29-17-18-8-6-5-7-9-18/h5-16H,3-4,17H2,1-2H3. The van der Waals surface area contributed by atoms with Crippen LogP contribution >= 0.6 is 15.9 Å². The summed E-state index contributed by atoms with van der Waals surface area (Å²) in [6.45, 7) is 5.59. The number of ether oxygens (including phenoxy) is 3. The first-order valence-electron chi connectivity index (χ1n) is 9.59. The highest BCUT2D eigenvalue weighted by molar-refractivity contribution is 9.10. The predicted octanol–water partition coefficient (Wildman–Crippen LogP) is 6.58. The molecule has 0 aliphatic rings. The molecule has 0 heterocycles. The lowest BCUT2D eigenvalue weighted by Gasteiger charge is -2.14. The maximum absolute atomic E-state index is 6.03. The van der Waals surface area contributed by atoms with Crippen molar-refractivity contribution in [3.8, 4) is 17.2 Å². The first-order chi connectivity index (χ1) is 14.2. The Morgan fingerprint density at radius 1 is 0.862 bits per heavy atom. The number of aliphatic imine (C=N–C) groups is 1. The molecular formula is C24H24BrNO3. The van der Waals surface area contributed by atoms with Gasteiger partial charge in [0.15, 0.2) is 11.5 Å². The van der Waals surface area contributed by atoms with Gasteiger partial charge in [0.25, 0.3) is 0 Å². The van der Waals surface area contributed by atoms with Crippen molar-refractivity contribution in [2.45, 2.75) is 20.5 Å². The van der Waals surface area contributed by atoms with Crippen LogP contribution in [0.4, 0.5) is 5.69 Å². The van der Waals surface area contributed by atoms with Crippen LogP contribution in [-0.2, 0) is 6.61 Å². The molecular weight excluding hydrogens is 430 g/mol. The van der Waals surface area contributed by atoms with Crippen LogP contribution in [0.15, 0.2) is 76.2 Å². The summed E-state index contributed by atoms with van der Waals surface area (Å²) in [5.74, 6) is 2.22. The zero-order valence-corrected chi connectivity index (χ0v) is 18.2. The summed E-state index contributed by atoms with van der Waals surface area (Å²) in [6, 6.07) is 21.6. The summed E-state index contributed by atoms with van der Waals surface area (Å²) in [7, 11) is 0. The van der Waals surface area contributed by atoms with E-state index >= 15 is 0 Å². The van der Waals surface area contributed by atoms with Crippen molar-refractivity contribution >= 4 is 27.8 Å². The van der Waals surface area contributed by atoms with E-state index in [4.69, 9.17) is 14.2 Å². The second kappa shape index (κ2) is 10.7. The van der Waals surface area contributed by atoms with Gasteiger partial charge in [-0.25, -0.2) is 0 Å². The lowest BCUT2D eigenvalue weighted by molar-refractivity contribution is 0.267. The Hall–Kier alpha value is -2.79. The van der Waals surface area contributed by atoms with Gasteiger partial charge < -0.3 is 14.2 Å². The van der Waals surface area contributed by atoms with E-state index in [1.165, 1.54) is 0 Å². The SMILES string of the molecule is CCOc1ccc(N=Cc2cc(Br)c(OCc3ccccc3)c(OCC)c2)cc1. The maximum Gasteiger partial charge on any atom is 0.175 e. The Balaban J connectivity index is 1.77. The molecule has 0 N–H and O–H groups in total. The second-order valence-electron chi connectivity index (χ2n) is 6.22. The summed E-state index contributed by atoms with van der Waals surface area (Å²) in [5.41, 5.74) is 2.87. The highest BCUT2D eigenvalue weighted by Gasteiger charge is 2.12. The molecule has 0 fully saturated rings. The molecule has 3 rings (SSSR count). The highest BCUT2D eigenvalue weighted by Crippen LogP contribution is 2.37. The number of benzene rings is 3. The predicted molar refractivity (Wildman–Crippen MR) is 121 cm³/mol. The average molecular weight is 454 g/mol. The van der Waals surface area contributed by atoms with E-state index in [9.17, 15) is 0 Å². The van der Waals surface area contributed by atoms with Crippen molar-refractivity contribution in [2.75, 3.05) is 13.2 Å². The van der Waals surface area contributed by atoms with Gasteiger partial charge >= 0.3 is 0 Å². The van der Waals surface area contributed by atoms with Crippen LogP contribution in [0, 0.1) is 0 Å². The van der Waals surface area contributed by atoms with E-state index in [0.717, 1.165) is 27.0 Å². The average Bonchev–Trinajstić information content (AvgIpc) is 2.74. The van der Waals surface area contributed by atoms with E-state index in [2.05, 4.69) is 20.9 Å². The van der Waals surface area contributed by atoms with Crippen LogP contribution in [0.5, 0.6) is 17.2 Å². The van der Waals surface area contributed by atoms with E-state index in [1.807, 2.05) is 86.8 Å². The van der Waals surface area contributed by atoms with Crippen LogP contribution in [0.3, 0.4) is 0 Å². The highest BCUT2D eigenvalue weighted by atomic mass is 79.9. The van der Waals surface area contributed by atoms with Crippen molar-refractivity contribution in [3.63, 3.8) is 0 Å². The molecule has 150 valence electrons. The number of halogens is 1. The molecule has 0 spiro atoms. The molecule has 3 aromatic rings. The molecule has 0 aliphatic heterocycles. The van der Waals surface area contributed by atoms with Gasteiger partial charge in [-0.1, -0.05) is 30.3 Å². The number of nitrogens with zero attached hydrogens (tertiary/aromatic N) is 1. The van der Waals surface area contributed by atoms with Gasteiger partial charge in [0.1, 0.15) is 12.4 Å². The molecule has 0 amide bonds. The maximum atomic E-state index is 6.03. The van der Waals surface area contributed by atoms with Gasteiger partial charge in [-0.2, -0.15) is 0 Å². The minimum Gasteiger partial charge on any atom is -0.494 e. The third kappa shape index (κ3) is 6.09. The first-order valence-corrected chi connectivity index (χ1v) is 10.4. The van der Waals surface area contributed by atoms with E-state index < -0.39 is 0 Å². The monoisotopic (exact) mass is 453 g/mol. The van der Waals surface area contributed by atoms with Crippen molar-refractivity contribution < 1.29 is 14.2 Å². The Bertz CT molecular complexity index is 940. The molecule has 0 atom stereocenters. The number of hydrogen-bond donors (Lipinski definition) is 0. The number of rotatable bonds is 9. The van der Waals surface area contributed by atoms with Gasteiger partial charge in [-0.15, -0.1) is 0 Å².